The molecule has 0 bridgehead atoms. The Labute approximate surface area is 147 Å². The van der Waals surface area contributed by atoms with Gasteiger partial charge in [-0.25, -0.2) is 12.8 Å². The van der Waals surface area contributed by atoms with Crippen molar-refractivity contribution in [2.24, 2.45) is 7.05 Å². The lowest BCUT2D eigenvalue weighted by Crippen LogP contribution is -2.43. The van der Waals surface area contributed by atoms with E-state index in [9.17, 15) is 26.0 Å². The minimum atomic E-state index is -4.93. The third-order valence-electron chi connectivity index (χ3n) is 3.96. The molecule has 1 saturated heterocycles. The Morgan fingerprint density at radius 2 is 2.04 bits per heavy atom. The van der Waals surface area contributed by atoms with Gasteiger partial charge in [-0.3, -0.25) is 4.68 Å². The molecule has 2 heterocycles. The molecule has 3 rings (SSSR count). The summed E-state index contributed by atoms with van der Waals surface area (Å²) in [5, 5.41) is 3.25. The van der Waals surface area contributed by atoms with Gasteiger partial charge >= 0.3 is 6.18 Å². The minimum absolute atomic E-state index is 0.0205. The topological polar surface area (TPSA) is 64.4 Å². The zero-order chi connectivity index (χ0) is 19.1. The number of aryl methyl sites for hydroxylation is 1. The van der Waals surface area contributed by atoms with Crippen molar-refractivity contribution in [1.29, 1.82) is 0 Å². The van der Waals surface area contributed by atoms with Crippen LogP contribution in [0, 0.1) is 5.82 Å². The quantitative estimate of drug-likeness (QED) is 0.751. The number of benzene rings is 1. The van der Waals surface area contributed by atoms with Crippen molar-refractivity contribution < 1.29 is 30.7 Å². The summed E-state index contributed by atoms with van der Waals surface area (Å²) in [5.74, 6) is -0.581. The Kier molecular flexibility index (Phi) is 4.80. The van der Waals surface area contributed by atoms with Crippen LogP contribution in [0.25, 0.3) is 0 Å². The first-order valence-electron chi connectivity index (χ1n) is 7.56. The lowest BCUT2D eigenvalue weighted by atomic mass is 10.1. The van der Waals surface area contributed by atoms with E-state index >= 15 is 0 Å². The van der Waals surface area contributed by atoms with Crippen molar-refractivity contribution in [3.63, 3.8) is 0 Å². The number of alkyl halides is 3. The van der Waals surface area contributed by atoms with Crippen LogP contribution in [-0.2, 0) is 28.0 Å². The van der Waals surface area contributed by atoms with E-state index in [1.165, 1.54) is 25.2 Å². The summed E-state index contributed by atoms with van der Waals surface area (Å²) in [6.07, 6.45) is -4.11. The minimum Gasteiger partial charge on any atom is -0.378 e. The van der Waals surface area contributed by atoms with Crippen LogP contribution in [0.3, 0.4) is 0 Å². The van der Waals surface area contributed by atoms with Crippen LogP contribution >= 0.6 is 0 Å². The fourth-order valence-corrected chi connectivity index (χ4v) is 4.60. The second-order valence-electron chi connectivity index (χ2n) is 5.77. The molecule has 0 N–H and O–H groups in total. The third kappa shape index (κ3) is 3.46. The summed E-state index contributed by atoms with van der Waals surface area (Å²) >= 11 is 0. The molecule has 11 heteroatoms. The summed E-state index contributed by atoms with van der Waals surface area (Å²) in [4.78, 5) is -0.934. The van der Waals surface area contributed by atoms with Crippen molar-refractivity contribution in [3.8, 4) is 0 Å². The Bertz CT molecular complexity index is 911. The highest BCUT2D eigenvalue weighted by molar-refractivity contribution is 7.89. The van der Waals surface area contributed by atoms with Gasteiger partial charge in [0, 0.05) is 19.8 Å². The molecule has 0 amide bonds. The van der Waals surface area contributed by atoms with Gasteiger partial charge < -0.3 is 4.74 Å². The highest BCUT2D eigenvalue weighted by Gasteiger charge is 2.44. The molecular weight excluding hydrogens is 378 g/mol. The summed E-state index contributed by atoms with van der Waals surface area (Å²) in [6, 6.07) is 4.28. The molecule has 0 saturated carbocycles. The van der Waals surface area contributed by atoms with E-state index in [4.69, 9.17) is 4.74 Å². The van der Waals surface area contributed by atoms with Gasteiger partial charge in [-0.1, -0.05) is 12.1 Å². The molecule has 0 unspecified atom stereocenters. The van der Waals surface area contributed by atoms with Crippen LogP contribution in [0.5, 0.6) is 0 Å². The largest absolute Gasteiger partial charge is 0.436 e. The fourth-order valence-electron chi connectivity index (χ4n) is 2.83. The summed E-state index contributed by atoms with van der Waals surface area (Å²) in [5.41, 5.74) is -1.18. The molecule has 26 heavy (non-hydrogen) atoms. The summed E-state index contributed by atoms with van der Waals surface area (Å²) in [6.45, 7) is -0.230. The van der Waals surface area contributed by atoms with E-state index in [-0.39, 0.29) is 19.8 Å². The molecule has 0 spiro atoms. The van der Waals surface area contributed by atoms with Crippen LogP contribution in [0.1, 0.15) is 17.3 Å². The normalized spacial score (nSPS) is 19.7. The molecule has 1 atom stereocenters. The maximum Gasteiger partial charge on any atom is 0.436 e. The zero-order valence-corrected chi connectivity index (χ0v) is 14.4. The third-order valence-corrected chi connectivity index (χ3v) is 5.87. The average Bonchev–Trinajstić information content (AvgIpc) is 2.98. The standard InChI is InChI=1S/C15H15F4N3O3S/c1-21-8-13(14(20-21)15(17,18)19)26(23,24)22-5-6-25-9-12(22)10-3-2-4-11(16)7-10/h2-4,7-8,12H,5-6,9H2,1H3/t12-/m0/s1. The Hall–Kier alpha value is -1.98. The first kappa shape index (κ1) is 18.8. The molecule has 0 radical (unpaired) electrons. The molecule has 1 aliphatic heterocycles. The van der Waals surface area contributed by atoms with Crippen LogP contribution in [0.2, 0.25) is 0 Å². The smallest absolute Gasteiger partial charge is 0.378 e. The first-order valence-corrected chi connectivity index (χ1v) is 9.00. The number of aromatic nitrogens is 2. The molecular formula is C15H15F4N3O3S. The Morgan fingerprint density at radius 3 is 2.69 bits per heavy atom. The Morgan fingerprint density at radius 1 is 1.31 bits per heavy atom. The number of rotatable bonds is 3. The first-order chi connectivity index (χ1) is 12.1. The van der Waals surface area contributed by atoms with Crippen LogP contribution in [0.15, 0.2) is 35.4 Å². The number of nitrogens with zero attached hydrogens (tertiary/aromatic N) is 3. The number of ether oxygens (including phenoxy) is 1. The van der Waals surface area contributed by atoms with E-state index < -0.39 is 38.6 Å². The van der Waals surface area contributed by atoms with E-state index in [0.717, 1.165) is 21.3 Å². The maximum atomic E-state index is 13.5. The number of hydrogen-bond acceptors (Lipinski definition) is 4. The number of sulfonamides is 1. The van der Waals surface area contributed by atoms with E-state index in [2.05, 4.69) is 5.10 Å². The highest BCUT2D eigenvalue weighted by Crippen LogP contribution is 2.37. The molecule has 1 aromatic carbocycles. The van der Waals surface area contributed by atoms with Gasteiger partial charge in [-0.05, 0) is 17.7 Å². The number of halogens is 4. The molecule has 1 fully saturated rings. The molecule has 1 aromatic heterocycles. The van der Waals surface area contributed by atoms with Crippen molar-refractivity contribution in [2.75, 3.05) is 19.8 Å². The molecule has 0 aliphatic carbocycles. The van der Waals surface area contributed by atoms with E-state index in [1.807, 2.05) is 0 Å². The second kappa shape index (κ2) is 6.63. The van der Waals surface area contributed by atoms with Gasteiger partial charge in [-0.2, -0.15) is 22.6 Å². The van der Waals surface area contributed by atoms with Crippen molar-refractivity contribution in [2.45, 2.75) is 17.1 Å². The van der Waals surface area contributed by atoms with Gasteiger partial charge in [-0.15, -0.1) is 0 Å². The molecule has 2 aromatic rings. The Balaban J connectivity index is 2.08. The second-order valence-corrected chi connectivity index (χ2v) is 7.63. The van der Waals surface area contributed by atoms with E-state index in [0.29, 0.717) is 5.56 Å². The molecule has 142 valence electrons. The predicted molar refractivity (Wildman–Crippen MR) is 82.1 cm³/mol. The summed E-state index contributed by atoms with van der Waals surface area (Å²) in [7, 11) is -3.33. The van der Waals surface area contributed by atoms with Crippen LogP contribution < -0.4 is 0 Å². The van der Waals surface area contributed by atoms with Crippen LogP contribution in [-0.4, -0.2) is 42.3 Å². The lowest BCUT2D eigenvalue weighted by Gasteiger charge is -2.34. The number of hydrogen-bond donors (Lipinski definition) is 0. The molecule has 1 aliphatic rings. The molecule has 6 nitrogen and oxygen atoms in total. The van der Waals surface area contributed by atoms with Gasteiger partial charge in [0.1, 0.15) is 10.7 Å². The predicted octanol–water partition coefficient (Wildman–Crippen LogP) is 2.34. The fraction of sp³-hybridized carbons (Fsp3) is 0.400. The zero-order valence-electron chi connectivity index (χ0n) is 13.6. The van der Waals surface area contributed by atoms with Gasteiger partial charge in [0.15, 0.2) is 5.69 Å². The lowest BCUT2D eigenvalue weighted by molar-refractivity contribution is -0.143. The van der Waals surface area contributed by atoms with Gasteiger partial charge in [0.25, 0.3) is 0 Å². The monoisotopic (exact) mass is 393 g/mol. The van der Waals surface area contributed by atoms with Crippen LogP contribution in [0.4, 0.5) is 17.6 Å². The van der Waals surface area contributed by atoms with Crippen molar-refractivity contribution >= 4 is 10.0 Å². The number of morpholine rings is 1. The summed E-state index contributed by atoms with van der Waals surface area (Å²) < 4.78 is 86.0. The highest BCUT2D eigenvalue weighted by atomic mass is 32.2. The van der Waals surface area contributed by atoms with E-state index in [1.54, 1.807) is 0 Å². The van der Waals surface area contributed by atoms with Gasteiger partial charge in [0.2, 0.25) is 10.0 Å². The average molecular weight is 393 g/mol. The maximum absolute atomic E-state index is 13.5. The SMILES string of the molecule is Cn1cc(S(=O)(=O)N2CCOC[C@H]2c2cccc(F)c2)c(C(F)(F)F)n1. The van der Waals surface area contributed by atoms with Crippen molar-refractivity contribution in [3.05, 3.63) is 47.5 Å². The van der Waals surface area contributed by atoms with Gasteiger partial charge in [0.05, 0.1) is 19.3 Å². The van der Waals surface area contributed by atoms with Crippen molar-refractivity contribution in [1.82, 2.24) is 14.1 Å².